The van der Waals surface area contributed by atoms with Crippen molar-refractivity contribution in [3.63, 3.8) is 0 Å². The zero-order valence-corrected chi connectivity index (χ0v) is 12.3. The maximum atomic E-state index is 13.6. The highest BCUT2D eigenvalue weighted by molar-refractivity contribution is 5.25. The van der Waals surface area contributed by atoms with Gasteiger partial charge < -0.3 is 5.73 Å². The molecule has 3 rings (SSSR count). The van der Waals surface area contributed by atoms with Crippen molar-refractivity contribution < 1.29 is 4.39 Å². The average Bonchev–Trinajstić information content (AvgIpc) is 2.84. The molecule has 0 spiro atoms. The molecule has 2 aromatic carbocycles. The summed E-state index contributed by atoms with van der Waals surface area (Å²) in [4.78, 5) is 2.31. The van der Waals surface area contributed by atoms with Crippen molar-refractivity contribution in [3.05, 3.63) is 71.0 Å². The van der Waals surface area contributed by atoms with Gasteiger partial charge in [-0.25, -0.2) is 4.39 Å². The van der Waals surface area contributed by atoms with Gasteiger partial charge in [0.25, 0.3) is 0 Å². The first kappa shape index (κ1) is 14.2. The Labute approximate surface area is 125 Å². The summed E-state index contributed by atoms with van der Waals surface area (Å²) >= 11 is 0. The first-order valence-corrected chi connectivity index (χ1v) is 7.41. The second-order valence-electron chi connectivity index (χ2n) is 5.96. The van der Waals surface area contributed by atoms with Crippen molar-refractivity contribution in [1.82, 2.24) is 4.90 Å². The number of hydrogen-bond acceptors (Lipinski definition) is 2. The molecule has 0 amide bonds. The first-order chi connectivity index (χ1) is 10.1. The second kappa shape index (κ2) is 5.96. The van der Waals surface area contributed by atoms with Crippen LogP contribution >= 0.6 is 0 Å². The van der Waals surface area contributed by atoms with Gasteiger partial charge in [0, 0.05) is 31.6 Å². The standard InChI is InChI=1S/C18H21FN2/c1-13-7-8-14(9-17(13)19)10-21-11-16(18(20)12-21)15-5-3-2-4-6-15/h2-9,16,18H,10-12,20H2,1H3/t16-,18+/m0/s1. The van der Waals surface area contributed by atoms with Gasteiger partial charge in [-0.3, -0.25) is 4.90 Å². The Hall–Kier alpha value is -1.71. The third kappa shape index (κ3) is 3.14. The fourth-order valence-electron chi connectivity index (χ4n) is 3.09. The van der Waals surface area contributed by atoms with E-state index in [1.54, 1.807) is 13.0 Å². The van der Waals surface area contributed by atoms with Gasteiger partial charge in [0.2, 0.25) is 0 Å². The Kier molecular flexibility index (Phi) is 4.04. The van der Waals surface area contributed by atoms with Crippen LogP contribution in [-0.4, -0.2) is 24.0 Å². The van der Waals surface area contributed by atoms with Gasteiger partial charge in [-0.05, 0) is 29.7 Å². The fraction of sp³-hybridized carbons (Fsp3) is 0.333. The number of likely N-dealkylation sites (tertiary alicyclic amines) is 1. The number of nitrogens with zero attached hydrogens (tertiary/aromatic N) is 1. The van der Waals surface area contributed by atoms with E-state index in [0.29, 0.717) is 11.5 Å². The molecule has 1 aliphatic rings. The van der Waals surface area contributed by atoms with Crippen LogP contribution in [0.1, 0.15) is 22.6 Å². The van der Waals surface area contributed by atoms with Gasteiger partial charge in [0.1, 0.15) is 5.82 Å². The minimum Gasteiger partial charge on any atom is -0.326 e. The molecule has 0 unspecified atom stereocenters. The van der Waals surface area contributed by atoms with Gasteiger partial charge in [-0.2, -0.15) is 0 Å². The highest BCUT2D eigenvalue weighted by Gasteiger charge is 2.30. The van der Waals surface area contributed by atoms with E-state index in [2.05, 4.69) is 29.2 Å². The van der Waals surface area contributed by atoms with Crippen LogP contribution in [0, 0.1) is 12.7 Å². The van der Waals surface area contributed by atoms with E-state index in [4.69, 9.17) is 5.73 Å². The van der Waals surface area contributed by atoms with Crippen molar-refractivity contribution in [1.29, 1.82) is 0 Å². The Bertz CT molecular complexity index is 612. The molecular formula is C18H21FN2. The lowest BCUT2D eigenvalue weighted by atomic mass is 9.95. The van der Waals surface area contributed by atoms with Crippen molar-refractivity contribution in [2.45, 2.75) is 25.4 Å². The second-order valence-corrected chi connectivity index (χ2v) is 5.96. The Morgan fingerprint density at radius 3 is 2.62 bits per heavy atom. The molecule has 2 nitrogen and oxygen atoms in total. The van der Waals surface area contributed by atoms with Crippen LogP contribution in [-0.2, 0) is 6.54 Å². The molecule has 1 saturated heterocycles. The topological polar surface area (TPSA) is 29.3 Å². The van der Waals surface area contributed by atoms with E-state index < -0.39 is 0 Å². The smallest absolute Gasteiger partial charge is 0.126 e. The zero-order chi connectivity index (χ0) is 14.8. The molecule has 2 aromatic rings. The molecule has 0 aliphatic carbocycles. The molecule has 2 N–H and O–H groups in total. The summed E-state index contributed by atoms with van der Waals surface area (Å²) in [6.45, 7) is 4.33. The van der Waals surface area contributed by atoms with Crippen LogP contribution in [0.2, 0.25) is 0 Å². The van der Waals surface area contributed by atoms with Crippen molar-refractivity contribution in [2.24, 2.45) is 5.73 Å². The molecule has 21 heavy (non-hydrogen) atoms. The lowest BCUT2D eigenvalue weighted by Gasteiger charge is -2.16. The third-order valence-electron chi connectivity index (χ3n) is 4.31. The quantitative estimate of drug-likeness (QED) is 0.938. The first-order valence-electron chi connectivity index (χ1n) is 7.41. The van der Waals surface area contributed by atoms with E-state index in [1.807, 2.05) is 18.2 Å². The molecule has 0 bridgehead atoms. The van der Waals surface area contributed by atoms with Gasteiger partial charge in [0.05, 0.1) is 0 Å². The van der Waals surface area contributed by atoms with Crippen LogP contribution in [0.25, 0.3) is 0 Å². The predicted molar refractivity (Wildman–Crippen MR) is 83.6 cm³/mol. The highest BCUT2D eigenvalue weighted by atomic mass is 19.1. The zero-order valence-electron chi connectivity index (χ0n) is 12.3. The van der Waals surface area contributed by atoms with Crippen LogP contribution < -0.4 is 5.73 Å². The molecule has 110 valence electrons. The average molecular weight is 284 g/mol. The number of aryl methyl sites for hydroxylation is 1. The lowest BCUT2D eigenvalue weighted by molar-refractivity contribution is 0.323. The number of halogens is 1. The normalized spacial score (nSPS) is 22.6. The molecule has 3 heteroatoms. The Balaban J connectivity index is 1.70. The minimum absolute atomic E-state index is 0.129. The van der Waals surface area contributed by atoms with Crippen LogP contribution in [0.5, 0.6) is 0 Å². The molecule has 1 heterocycles. The maximum Gasteiger partial charge on any atom is 0.126 e. The van der Waals surface area contributed by atoms with E-state index in [1.165, 1.54) is 5.56 Å². The van der Waals surface area contributed by atoms with E-state index in [9.17, 15) is 4.39 Å². The number of rotatable bonds is 3. The molecule has 0 saturated carbocycles. The highest BCUT2D eigenvalue weighted by Crippen LogP contribution is 2.27. The fourth-order valence-corrected chi connectivity index (χ4v) is 3.09. The Morgan fingerprint density at radius 2 is 1.90 bits per heavy atom. The summed E-state index contributed by atoms with van der Waals surface area (Å²) in [5, 5.41) is 0. The molecule has 2 atom stereocenters. The van der Waals surface area contributed by atoms with Crippen molar-refractivity contribution in [3.8, 4) is 0 Å². The van der Waals surface area contributed by atoms with Crippen LogP contribution in [0.15, 0.2) is 48.5 Å². The van der Waals surface area contributed by atoms with Crippen LogP contribution in [0.4, 0.5) is 4.39 Å². The predicted octanol–water partition coefficient (Wildman–Crippen LogP) is 3.06. The summed E-state index contributed by atoms with van der Waals surface area (Å²) in [5.74, 6) is 0.233. The monoisotopic (exact) mass is 284 g/mol. The van der Waals surface area contributed by atoms with Gasteiger partial charge >= 0.3 is 0 Å². The maximum absolute atomic E-state index is 13.6. The lowest BCUT2D eigenvalue weighted by Crippen LogP contribution is -2.28. The van der Waals surface area contributed by atoms with E-state index in [0.717, 1.165) is 25.2 Å². The summed E-state index contributed by atoms with van der Waals surface area (Å²) in [6, 6.07) is 16.0. The SMILES string of the molecule is Cc1ccc(CN2C[C@@H](N)[C@H](c3ccccc3)C2)cc1F. The Morgan fingerprint density at radius 1 is 1.14 bits per heavy atom. The van der Waals surface area contributed by atoms with E-state index >= 15 is 0 Å². The molecule has 0 radical (unpaired) electrons. The third-order valence-corrected chi connectivity index (χ3v) is 4.31. The minimum atomic E-state index is -0.129. The van der Waals surface area contributed by atoms with Crippen molar-refractivity contribution in [2.75, 3.05) is 13.1 Å². The largest absolute Gasteiger partial charge is 0.326 e. The van der Waals surface area contributed by atoms with Crippen LogP contribution in [0.3, 0.4) is 0 Å². The van der Waals surface area contributed by atoms with Crippen molar-refractivity contribution >= 4 is 0 Å². The van der Waals surface area contributed by atoms with Gasteiger partial charge in [0.15, 0.2) is 0 Å². The summed E-state index contributed by atoms with van der Waals surface area (Å²) in [7, 11) is 0. The van der Waals surface area contributed by atoms with E-state index in [-0.39, 0.29) is 11.9 Å². The molecule has 1 fully saturated rings. The molecule has 1 aliphatic heterocycles. The number of benzene rings is 2. The van der Waals surface area contributed by atoms with Gasteiger partial charge in [-0.15, -0.1) is 0 Å². The summed E-state index contributed by atoms with van der Waals surface area (Å²) in [6.07, 6.45) is 0. The summed E-state index contributed by atoms with van der Waals surface area (Å²) < 4.78 is 13.6. The number of hydrogen-bond donors (Lipinski definition) is 1. The molecular weight excluding hydrogens is 263 g/mol. The summed E-state index contributed by atoms with van der Waals surface area (Å²) in [5.41, 5.74) is 9.29. The molecule has 0 aromatic heterocycles. The van der Waals surface area contributed by atoms with Gasteiger partial charge in [-0.1, -0.05) is 42.5 Å². The number of nitrogens with two attached hydrogens (primary N) is 1.